The summed E-state index contributed by atoms with van der Waals surface area (Å²) in [6, 6.07) is 5.66. The number of fused-ring (bicyclic) bond motifs is 1. The largest absolute Gasteiger partial charge is 0.481 e. The average molecular weight is 292 g/mol. The molecule has 5 nitrogen and oxygen atoms in total. The fourth-order valence-electron chi connectivity index (χ4n) is 1.68. The number of aliphatic carboxylic acids is 1. The zero-order chi connectivity index (χ0) is 14.7. The van der Waals surface area contributed by atoms with Crippen LogP contribution in [0.5, 0.6) is 0 Å². The second kappa shape index (κ2) is 6.00. The fraction of sp³-hybridized carbons (Fsp3) is 0.357. The Bertz CT molecular complexity index is 649. The molecule has 0 aliphatic rings. The van der Waals surface area contributed by atoms with Crippen molar-refractivity contribution in [1.82, 2.24) is 4.98 Å². The van der Waals surface area contributed by atoms with E-state index in [0.29, 0.717) is 11.6 Å². The maximum Gasteiger partial charge on any atom is 0.303 e. The SMILES string of the molecule is CC(C)C(=O)Nc1nc2ccc(CCC(=O)O)cc2s1. The van der Waals surface area contributed by atoms with E-state index in [0.717, 1.165) is 15.8 Å². The molecule has 0 aliphatic carbocycles. The summed E-state index contributed by atoms with van der Waals surface area (Å²) < 4.78 is 0.951. The number of carbonyl (C=O) groups excluding carboxylic acids is 1. The molecule has 20 heavy (non-hydrogen) atoms. The van der Waals surface area contributed by atoms with E-state index in [2.05, 4.69) is 10.3 Å². The number of amides is 1. The van der Waals surface area contributed by atoms with Crippen molar-refractivity contribution in [2.75, 3.05) is 5.32 Å². The predicted octanol–water partition coefficient (Wildman–Crippen LogP) is 2.91. The third kappa shape index (κ3) is 3.54. The van der Waals surface area contributed by atoms with Crippen molar-refractivity contribution >= 4 is 38.6 Å². The molecular formula is C14H16N2O3S. The molecule has 0 saturated carbocycles. The molecule has 0 bridgehead atoms. The standard InChI is InChI=1S/C14H16N2O3S/c1-8(2)13(19)16-14-15-10-5-3-9(4-6-12(17)18)7-11(10)20-14/h3,5,7-8H,4,6H2,1-2H3,(H,17,18)(H,15,16,19). The van der Waals surface area contributed by atoms with Gasteiger partial charge >= 0.3 is 5.97 Å². The van der Waals surface area contributed by atoms with Gasteiger partial charge in [-0.3, -0.25) is 9.59 Å². The first kappa shape index (κ1) is 14.5. The molecule has 1 heterocycles. The summed E-state index contributed by atoms with van der Waals surface area (Å²) in [4.78, 5) is 26.5. The van der Waals surface area contributed by atoms with Gasteiger partial charge in [0.05, 0.1) is 10.2 Å². The van der Waals surface area contributed by atoms with E-state index in [1.165, 1.54) is 11.3 Å². The normalized spacial score (nSPS) is 10.9. The lowest BCUT2D eigenvalue weighted by Gasteiger charge is -2.02. The van der Waals surface area contributed by atoms with E-state index in [9.17, 15) is 9.59 Å². The second-order valence-electron chi connectivity index (χ2n) is 4.86. The Balaban J connectivity index is 2.17. The molecule has 2 aromatic rings. The highest BCUT2D eigenvalue weighted by Gasteiger charge is 2.11. The monoisotopic (exact) mass is 292 g/mol. The van der Waals surface area contributed by atoms with Crippen molar-refractivity contribution in [1.29, 1.82) is 0 Å². The number of rotatable bonds is 5. The highest BCUT2D eigenvalue weighted by atomic mass is 32.1. The molecule has 0 aliphatic heterocycles. The van der Waals surface area contributed by atoms with Gasteiger partial charge in [-0.1, -0.05) is 31.3 Å². The van der Waals surface area contributed by atoms with Crippen LogP contribution in [0.4, 0.5) is 5.13 Å². The second-order valence-corrected chi connectivity index (χ2v) is 5.89. The van der Waals surface area contributed by atoms with Crippen LogP contribution in [0, 0.1) is 5.92 Å². The van der Waals surface area contributed by atoms with Crippen molar-refractivity contribution in [3.8, 4) is 0 Å². The Morgan fingerprint density at radius 3 is 2.80 bits per heavy atom. The van der Waals surface area contributed by atoms with E-state index >= 15 is 0 Å². The number of hydrogen-bond acceptors (Lipinski definition) is 4. The Morgan fingerprint density at radius 1 is 1.40 bits per heavy atom. The molecule has 0 spiro atoms. The third-order valence-electron chi connectivity index (χ3n) is 2.83. The Labute approximate surface area is 120 Å². The summed E-state index contributed by atoms with van der Waals surface area (Å²) in [5, 5.41) is 12.0. The minimum atomic E-state index is -0.806. The van der Waals surface area contributed by atoms with Crippen molar-refractivity contribution in [3.05, 3.63) is 23.8 Å². The lowest BCUT2D eigenvalue weighted by Crippen LogP contribution is -2.17. The summed E-state index contributed by atoms with van der Waals surface area (Å²) >= 11 is 1.40. The number of nitrogens with one attached hydrogen (secondary N) is 1. The van der Waals surface area contributed by atoms with Gasteiger partial charge in [-0.2, -0.15) is 0 Å². The van der Waals surface area contributed by atoms with Gasteiger partial charge in [-0.15, -0.1) is 0 Å². The fourth-order valence-corrected chi connectivity index (χ4v) is 2.61. The summed E-state index contributed by atoms with van der Waals surface area (Å²) in [5.41, 5.74) is 1.78. The van der Waals surface area contributed by atoms with E-state index in [-0.39, 0.29) is 18.2 Å². The molecular weight excluding hydrogens is 276 g/mol. The van der Waals surface area contributed by atoms with Crippen molar-refractivity contribution in [2.24, 2.45) is 5.92 Å². The number of hydrogen-bond donors (Lipinski definition) is 2. The molecule has 106 valence electrons. The first-order chi connectivity index (χ1) is 9.45. The predicted molar refractivity (Wildman–Crippen MR) is 79.0 cm³/mol. The average Bonchev–Trinajstić information content (AvgIpc) is 2.77. The number of anilines is 1. The van der Waals surface area contributed by atoms with Crippen molar-refractivity contribution in [2.45, 2.75) is 26.7 Å². The first-order valence-electron chi connectivity index (χ1n) is 6.38. The van der Waals surface area contributed by atoms with Crippen LogP contribution in [0.25, 0.3) is 10.2 Å². The molecule has 1 aromatic heterocycles. The Kier molecular flexibility index (Phi) is 4.34. The summed E-state index contributed by atoms with van der Waals surface area (Å²) in [6.45, 7) is 3.65. The molecule has 0 saturated heterocycles. The third-order valence-corrected chi connectivity index (χ3v) is 3.77. The topological polar surface area (TPSA) is 79.3 Å². The number of aryl methyl sites for hydroxylation is 1. The Hall–Kier alpha value is -1.95. The maximum absolute atomic E-state index is 11.6. The van der Waals surface area contributed by atoms with Crippen molar-refractivity contribution in [3.63, 3.8) is 0 Å². The molecule has 2 rings (SSSR count). The molecule has 0 fully saturated rings. The highest BCUT2D eigenvalue weighted by Crippen LogP contribution is 2.27. The minimum absolute atomic E-state index is 0.0600. The van der Waals surface area contributed by atoms with Crippen LogP contribution in [0.3, 0.4) is 0 Å². The number of carboxylic acid groups (broad SMARTS) is 1. The number of benzene rings is 1. The highest BCUT2D eigenvalue weighted by molar-refractivity contribution is 7.22. The number of carbonyl (C=O) groups is 2. The summed E-state index contributed by atoms with van der Waals surface area (Å²) in [7, 11) is 0. The quantitative estimate of drug-likeness (QED) is 0.888. The van der Waals surface area contributed by atoms with E-state index < -0.39 is 5.97 Å². The number of aromatic nitrogens is 1. The van der Waals surface area contributed by atoms with E-state index in [1.807, 2.05) is 32.0 Å². The number of nitrogens with zero attached hydrogens (tertiary/aromatic N) is 1. The van der Waals surface area contributed by atoms with Crippen LogP contribution in [-0.2, 0) is 16.0 Å². The van der Waals surface area contributed by atoms with Gasteiger partial charge < -0.3 is 10.4 Å². The van der Waals surface area contributed by atoms with Gasteiger partial charge in [0.15, 0.2) is 5.13 Å². The van der Waals surface area contributed by atoms with Crippen LogP contribution in [-0.4, -0.2) is 22.0 Å². The molecule has 0 radical (unpaired) electrons. The molecule has 0 unspecified atom stereocenters. The molecule has 0 atom stereocenters. The van der Waals surface area contributed by atoms with E-state index in [1.54, 1.807) is 0 Å². The van der Waals surface area contributed by atoms with Gasteiger partial charge in [-0.25, -0.2) is 4.98 Å². The molecule has 1 amide bonds. The minimum Gasteiger partial charge on any atom is -0.481 e. The number of thiazole rings is 1. The van der Waals surface area contributed by atoms with Gasteiger partial charge in [0.1, 0.15) is 0 Å². The first-order valence-corrected chi connectivity index (χ1v) is 7.19. The summed E-state index contributed by atoms with van der Waals surface area (Å²) in [6.07, 6.45) is 0.609. The van der Waals surface area contributed by atoms with Gasteiger partial charge in [0, 0.05) is 12.3 Å². The van der Waals surface area contributed by atoms with E-state index in [4.69, 9.17) is 5.11 Å². The van der Waals surface area contributed by atoms with Crippen LogP contribution in [0.1, 0.15) is 25.8 Å². The van der Waals surface area contributed by atoms with Crippen LogP contribution in [0.2, 0.25) is 0 Å². The molecule has 6 heteroatoms. The van der Waals surface area contributed by atoms with Crippen molar-refractivity contribution < 1.29 is 14.7 Å². The van der Waals surface area contributed by atoms with Crippen LogP contribution in [0.15, 0.2) is 18.2 Å². The number of carboxylic acids is 1. The van der Waals surface area contributed by atoms with Gasteiger partial charge in [-0.05, 0) is 24.1 Å². The lowest BCUT2D eigenvalue weighted by molar-refractivity contribution is -0.137. The smallest absolute Gasteiger partial charge is 0.303 e. The zero-order valence-electron chi connectivity index (χ0n) is 11.3. The van der Waals surface area contributed by atoms with Crippen LogP contribution < -0.4 is 5.32 Å². The lowest BCUT2D eigenvalue weighted by atomic mass is 10.1. The summed E-state index contributed by atoms with van der Waals surface area (Å²) in [5.74, 6) is -0.956. The van der Waals surface area contributed by atoms with Gasteiger partial charge in [0.2, 0.25) is 5.91 Å². The molecule has 2 N–H and O–H groups in total. The maximum atomic E-state index is 11.6. The zero-order valence-corrected chi connectivity index (χ0v) is 12.2. The molecule has 1 aromatic carbocycles. The Morgan fingerprint density at radius 2 is 2.15 bits per heavy atom. The van der Waals surface area contributed by atoms with Crippen LogP contribution >= 0.6 is 11.3 Å². The van der Waals surface area contributed by atoms with Gasteiger partial charge in [0.25, 0.3) is 0 Å².